The Kier molecular flexibility index (Phi) is 3.87. The van der Waals surface area contributed by atoms with E-state index in [-0.39, 0.29) is 17.6 Å². The van der Waals surface area contributed by atoms with Gasteiger partial charge in [-0.15, -0.1) is 0 Å². The molecule has 2 rings (SSSR count). The maximum atomic E-state index is 12.8. The van der Waals surface area contributed by atoms with E-state index < -0.39 is 11.5 Å². The highest BCUT2D eigenvalue weighted by molar-refractivity contribution is 6.08. The maximum Gasteiger partial charge on any atom is 0.242 e. The molecule has 7 heteroatoms. The van der Waals surface area contributed by atoms with E-state index in [1.807, 2.05) is 13.8 Å². The van der Waals surface area contributed by atoms with Crippen molar-refractivity contribution < 1.29 is 14.8 Å². The summed E-state index contributed by atoms with van der Waals surface area (Å²) in [5.74, 6) is 0.00103. The predicted molar refractivity (Wildman–Crippen MR) is 73.0 cm³/mol. The largest absolute Gasteiger partial charge is 0.409 e. The summed E-state index contributed by atoms with van der Waals surface area (Å²) in [5, 5.41) is 14.8. The van der Waals surface area contributed by atoms with Crippen LogP contribution in [0.2, 0.25) is 0 Å². The molecule has 1 aliphatic heterocycles. The van der Waals surface area contributed by atoms with Gasteiger partial charge >= 0.3 is 0 Å². The molecule has 0 aromatic carbocycles. The zero-order chi connectivity index (χ0) is 14.9. The molecule has 1 unspecified atom stereocenters. The monoisotopic (exact) mass is 282 g/mol. The van der Waals surface area contributed by atoms with Gasteiger partial charge in [0, 0.05) is 13.1 Å². The summed E-state index contributed by atoms with van der Waals surface area (Å²) in [4.78, 5) is 26.3. The Bertz CT molecular complexity index is 443. The highest BCUT2D eigenvalue weighted by Crippen LogP contribution is 2.47. The Morgan fingerprint density at radius 1 is 1.60 bits per heavy atom. The summed E-state index contributed by atoms with van der Waals surface area (Å²) in [6, 6.07) is -0.462. The Morgan fingerprint density at radius 3 is 2.75 bits per heavy atom. The van der Waals surface area contributed by atoms with E-state index in [0.717, 1.165) is 0 Å². The number of hydrogen-bond donors (Lipinski definition) is 3. The second-order valence-electron chi connectivity index (χ2n) is 5.79. The number of amidine groups is 1. The molecule has 0 spiro atoms. The van der Waals surface area contributed by atoms with Crippen LogP contribution in [0.15, 0.2) is 5.16 Å². The first-order valence-corrected chi connectivity index (χ1v) is 7.03. The molecule has 1 saturated heterocycles. The Balaban J connectivity index is 2.26. The van der Waals surface area contributed by atoms with E-state index in [0.29, 0.717) is 38.3 Å². The van der Waals surface area contributed by atoms with Crippen molar-refractivity contribution in [2.24, 2.45) is 22.2 Å². The molecule has 112 valence electrons. The number of amides is 2. The number of nitrogens with one attached hydrogen (secondary N) is 1. The molecule has 1 saturated carbocycles. The lowest BCUT2D eigenvalue weighted by Crippen LogP contribution is -2.64. The van der Waals surface area contributed by atoms with Crippen LogP contribution in [0.1, 0.15) is 33.1 Å². The molecule has 0 bridgehead atoms. The van der Waals surface area contributed by atoms with Crippen LogP contribution in [-0.4, -0.2) is 46.9 Å². The molecule has 2 amide bonds. The van der Waals surface area contributed by atoms with E-state index in [2.05, 4.69) is 10.5 Å². The summed E-state index contributed by atoms with van der Waals surface area (Å²) < 4.78 is 0. The van der Waals surface area contributed by atoms with Gasteiger partial charge in [0.25, 0.3) is 0 Å². The molecule has 0 aromatic heterocycles. The molecule has 20 heavy (non-hydrogen) atoms. The van der Waals surface area contributed by atoms with Crippen LogP contribution in [0, 0.1) is 11.3 Å². The van der Waals surface area contributed by atoms with Crippen molar-refractivity contribution in [2.45, 2.75) is 39.2 Å². The zero-order valence-corrected chi connectivity index (χ0v) is 11.9. The van der Waals surface area contributed by atoms with Gasteiger partial charge in [-0.3, -0.25) is 9.59 Å². The summed E-state index contributed by atoms with van der Waals surface area (Å²) in [5.41, 5.74) is 4.83. The minimum absolute atomic E-state index is 0.0403. The van der Waals surface area contributed by atoms with Crippen LogP contribution in [0.3, 0.4) is 0 Å². The second kappa shape index (κ2) is 5.30. The SMILES string of the molecule is CCC1C(=O)NCCN1C(=O)C1(C(N)=NO)CC(C)C1. The van der Waals surface area contributed by atoms with Crippen molar-refractivity contribution in [3.05, 3.63) is 0 Å². The molecule has 2 fully saturated rings. The first-order chi connectivity index (χ1) is 9.46. The Labute approximate surface area is 118 Å². The standard InChI is InChI=1S/C13H22N4O3/c1-3-9-10(18)15-4-5-17(9)12(19)13(11(14)16-20)6-8(2)7-13/h8-9,20H,3-7H2,1-2H3,(H2,14,16)(H,15,18). The van der Waals surface area contributed by atoms with Gasteiger partial charge in [0.05, 0.1) is 0 Å². The number of rotatable bonds is 3. The summed E-state index contributed by atoms with van der Waals surface area (Å²) in [6.45, 7) is 4.81. The molecule has 1 atom stereocenters. The van der Waals surface area contributed by atoms with Gasteiger partial charge in [0.15, 0.2) is 5.84 Å². The van der Waals surface area contributed by atoms with Crippen molar-refractivity contribution in [1.29, 1.82) is 0 Å². The summed E-state index contributed by atoms with van der Waals surface area (Å²) >= 11 is 0. The lowest BCUT2D eigenvalue weighted by molar-refractivity contribution is -0.153. The van der Waals surface area contributed by atoms with Crippen LogP contribution in [-0.2, 0) is 9.59 Å². The van der Waals surface area contributed by atoms with Crippen molar-refractivity contribution in [3.8, 4) is 0 Å². The fraction of sp³-hybridized carbons (Fsp3) is 0.769. The lowest BCUT2D eigenvalue weighted by Gasteiger charge is -2.48. The molecule has 1 heterocycles. The second-order valence-corrected chi connectivity index (χ2v) is 5.79. The number of carbonyl (C=O) groups excluding carboxylic acids is 2. The fourth-order valence-electron chi connectivity index (χ4n) is 3.36. The van der Waals surface area contributed by atoms with Crippen molar-refractivity contribution in [2.75, 3.05) is 13.1 Å². The van der Waals surface area contributed by atoms with Gasteiger partial charge < -0.3 is 21.2 Å². The van der Waals surface area contributed by atoms with Gasteiger partial charge in [0.2, 0.25) is 11.8 Å². The third-order valence-corrected chi connectivity index (χ3v) is 4.38. The average molecular weight is 282 g/mol. The number of oxime groups is 1. The van der Waals surface area contributed by atoms with E-state index in [1.54, 1.807) is 4.90 Å². The number of nitrogens with zero attached hydrogens (tertiary/aromatic N) is 2. The van der Waals surface area contributed by atoms with Crippen molar-refractivity contribution in [1.82, 2.24) is 10.2 Å². The fourth-order valence-corrected chi connectivity index (χ4v) is 3.36. The highest BCUT2D eigenvalue weighted by Gasteiger charge is 2.55. The number of piperazine rings is 1. The van der Waals surface area contributed by atoms with Gasteiger partial charge in [-0.05, 0) is 25.2 Å². The van der Waals surface area contributed by atoms with Crippen LogP contribution in [0.25, 0.3) is 0 Å². The number of hydrogen-bond acceptors (Lipinski definition) is 4. The third-order valence-electron chi connectivity index (χ3n) is 4.38. The molecule has 0 aromatic rings. The topological polar surface area (TPSA) is 108 Å². The minimum Gasteiger partial charge on any atom is -0.409 e. The first kappa shape index (κ1) is 14.6. The highest BCUT2D eigenvalue weighted by atomic mass is 16.4. The van der Waals surface area contributed by atoms with E-state index in [4.69, 9.17) is 10.9 Å². The Morgan fingerprint density at radius 2 is 2.25 bits per heavy atom. The molecule has 2 aliphatic rings. The summed E-state index contributed by atoms with van der Waals surface area (Å²) in [7, 11) is 0. The van der Waals surface area contributed by atoms with Gasteiger partial charge in [-0.25, -0.2) is 0 Å². The molecule has 4 N–H and O–H groups in total. The van der Waals surface area contributed by atoms with Crippen molar-refractivity contribution >= 4 is 17.6 Å². The summed E-state index contributed by atoms with van der Waals surface area (Å²) in [6.07, 6.45) is 1.69. The van der Waals surface area contributed by atoms with Crippen molar-refractivity contribution in [3.63, 3.8) is 0 Å². The van der Waals surface area contributed by atoms with Gasteiger partial charge in [-0.2, -0.15) is 0 Å². The molecular formula is C13H22N4O3. The molecular weight excluding hydrogens is 260 g/mol. The van der Waals surface area contributed by atoms with E-state index in [1.165, 1.54) is 0 Å². The van der Waals surface area contributed by atoms with Crippen LogP contribution >= 0.6 is 0 Å². The smallest absolute Gasteiger partial charge is 0.242 e. The van der Waals surface area contributed by atoms with Gasteiger partial charge in [0.1, 0.15) is 11.5 Å². The maximum absolute atomic E-state index is 12.8. The van der Waals surface area contributed by atoms with E-state index >= 15 is 0 Å². The number of nitrogens with two attached hydrogens (primary N) is 1. The molecule has 0 radical (unpaired) electrons. The third kappa shape index (κ3) is 2.10. The average Bonchev–Trinajstić information content (AvgIpc) is 2.41. The molecule has 1 aliphatic carbocycles. The predicted octanol–water partition coefficient (Wildman–Crippen LogP) is -0.114. The van der Waals surface area contributed by atoms with Crippen LogP contribution in [0.5, 0.6) is 0 Å². The minimum atomic E-state index is -0.931. The van der Waals surface area contributed by atoms with Crippen LogP contribution in [0.4, 0.5) is 0 Å². The lowest BCUT2D eigenvalue weighted by atomic mass is 9.61. The Hall–Kier alpha value is -1.79. The first-order valence-electron chi connectivity index (χ1n) is 7.03. The quantitative estimate of drug-likeness (QED) is 0.290. The number of carbonyl (C=O) groups is 2. The zero-order valence-electron chi connectivity index (χ0n) is 11.9. The normalized spacial score (nSPS) is 34.4. The van der Waals surface area contributed by atoms with Gasteiger partial charge in [-0.1, -0.05) is 19.0 Å². The van der Waals surface area contributed by atoms with E-state index in [9.17, 15) is 9.59 Å². The molecule has 7 nitrogen and oxygen atoms in total. The van der Waals surface area contributed by atoms with Crippen LogP contribution < -0.4 is 11.1 Å².